The minimum atomic E-state index is 0.147. The number of furan rings is 1. The van der Waals surface area contributed by atoms with Crippen molar-refractivity contribution in [3.63, 3.8) is 0 Å². The molecule has 1 aromatic rings. The molecule has 1 rings (SSSR count). The van der Waals surface area contributed by atoms with Crippen molar-refractivity contribution in [3.8, 4) is 0 Å². The van der Waals surface area contributed by atoms with Crippen LogP contribution in [0.1, 0.15) is 31.8 Å². The zero-order chi connectivity index (χ0) is 10.6. The SMILES string of the molecule is CCC(N)Cc1ccc(CC(C)N)o1. The van der Waals surface area contributed by atoms with Gasteiger partial charge in [-0.1, -0.05) is 6.92 Å². The van der Waals surface area contributed by atoms with Gasteiger partial charge in [-0.3, -0.25) is 0 Å². The third-order valence-electron chi connectivity index (χ3n) is 2.23. The van der Waals surface area contributed by atoms with Gasteiger partial charge in [-0.05, 0) is 25.5 Å². The molecule has 14 heavy (non-hydrogen) atoms. The fourth-order valence-electron chi connectivity index (χ4n) is 1.36. The Bertz CT molecular complexity index is 268. The van der Waals surface area contributed by atoms with Crippen LogP contribution in [0.4, 0.5) is 0 Å². The Kier molecular flexibility index (Phi) is 4.17. The lowest BCUT2D eigenvalue weighted by Crippen LogP contribution is -2.21. The number of hydrogen-bond acceptors (Lipinski definition) is 3. The van der Waals surface area contributed by atoms with E-state index >= 15 is 0 Å². The van der Waals surface area contributed by atoms with Gasteiger partial charge >= 0.3 is 0 Å². The first-order chi connectivity index (χ1) is 6.61. The molecule has 0 aliphatic rings. The summed E-state index contributed by atoms with van der Waals surface area (Å²) in [6.07, 6.45) is 2.58. The highest BCUT2D eigenvalue weighted by Crippen LogP contribution is 2.11. The lowest BCUT2D eigenvalue weighted by atomic mass is 10.1. The van der Waals surface area contributed by atoms with Crippen molar-refractivity contribution in [1.29, 1.82) is 0 Å². The fraction of sp³-hybridized carbons (Fsp3) is 0.636. The molecule has 4 N–H and O–H groups in total. The Labute approximate surface area is 85.5 Å². The van der Waals surface area contributed by atoms with Crippen molar-refractivity contribution in [2.24, 2.45) is 11.5 Å². The molecule has 0 aliphatic heterocycles. The number of rotatable bonds is 5. The predicted molar refractivity (Wildman–Crippen MR) is 58.0 cm³/mol. The van der Waals surface area contributed by atoms with Crippen LogP contribution in [0.15, 0.2) is 16.5 Å². The Morgan fingerprint density at radius 1 is 1.21 bits per heavy atom. The van der Waals surface area contributed by atoms with Crippen LogP contribution in [0, 0.1) is 0 Å². The lowest BCUT2D eigenvalue weighted by Gasteiger charge is -2.05. The van der Waals surface area contributed by atoms with Crippen molar-refractivity contribution in [2.75, 3.05) is 0 Å². The van der Waals surface area contributed by atoms with Crippen LogP contribution in [-0.2, 0) is 12.8 Å². The van der Waals surface area contributed by atoms with E-state index in [0.717, 1.165) is 30.8 Å². The maximum absolute atomic E-state index is 5.83. The topological polar surface area (TPSA) is 65.2 Å². The van der Waals surface area contributed by atoms with Gasteiger partial charge in [0.1, 0.15) is 11.5 Å². The summed E-state index contributed by atoms with van der Waals surface area (Å²) in [4.78, 5) is 0. The third-order valence-corrected chi connectivity index (χ3v) is 2.23. The largest absolute Gasteiger partial charge is 0.466 e. The first-order valence-electron chi connectivity index (χ1n) is 5.20. The predicted octanol–water partition coefficient (Wildman–Crippen LogP) is 1.45. The van der Waals surface area contributed by atoms with Gasteiger partial charge in [-0.2, -0.15) is 0 Å². The van der Waals surface area contributed by atoms with E-state index in [4.69, 9.17) is 15.9 Å². The molecule has 2 unspecified atom stereocenters. The molecular weight excluding hydrogens is 176 g/mol. The second kappa shape index (κ2) is 5.17. The van der Waals surface area contributed by atoms with Gasteiger partial charge in [0.15, 0.2) is 0 Å². The monoisotopic (exact) mass is 196 g/mol. The van der Waals surface area contributed by atoms with E-state index in [1.54, 1.807) is 0 Å². The molecule has 1 heterocycles. The average molecular weight is 196 g/mol. The molecule has 80 valence electrons. The normalized spacial score (nSPS) is 15.4. The van der Waals surface area contributed by atoms with Gasteiger partial charge in [0.05, 0.1) is 0 Å². The van der Waals surface area contributed by atoms with Gasteiger partial charge in [0, 0.05) is 24.9 Å². The molecule has 0 amide bonds. The van der Waals surface area contributed by atoms with Crippen molar-refractivity contribution >= 4 is 0 Å². The van der Waals surface area contributed by atoms with Crippen LogP contribution in [0.5, 0.6) is 0 Å². The average Bonchev–Trinajstić information content (AvgIpc) is 2.51. The van der Waals surface area contributed by atoms with Crippen molar-refractivity contribution in [3.05, 3.63) is 23.7 Å². The molecule has 0 bridgehead atoms. The molecule has 0 saturated carbocycles. The minimum Gasteiger partial charge on any atom is -0.466 e. The smallest absolute Gasteiger partial charge is 0.105 e. The zero-order valence-electron chi connectivity index (χ0n) is 8.99. The highest BCUT2D eigenvalue weighted by atomic mass is 16.3. The Hall–Kier alpha value is -0.800. The highest BCUT2D eigenvalue weighted by molar-refractivity contribution is 5.09. The van der Waals surface area contributed by atoms with E-state index in [-0.39, 0.29) is 12.1 Å². The first-order valence-corrected chi connectivity index (χ1v) is 5.20. The van der Waals surface area contributed by atoms with Crippen molar-refractivity contribution in [2.45, 2.75) is 45.2 Å². The molecule has 0 saturated heterocycles. The lowest BCUT2D eigenvalue weighted by molar-refractivity contribution is 0.436. The van der Waals surface area contributed by atoms with Crippen LogP contribution >= 0.6 is 0 Å². The van der Waals surface area contributed by atoms with Gasteiger partial charge in [-0.15, -0.1) is 0 Å². The maximum Gasteiger partial charge on any atom is 0.105 e. The second-order valence-electron chi connectivity index (χ2n) is 3.92. The third kappa shape index (κ3) is 3.52. The summed E-state index contributed by atoms with van der Waals surface area (Å²) in [5.74, 6) is 1.92. The first kappa shape index (κ1) is 11.3. The highest BCUT2D eigenvalue weighted by Gasteiger charge is 2.07. The quantitative estimate of drug-likeness (QED) is 0.749. The van der Waals surface area contributed by atoms with E-state index in [1.807, 2.05) is 19.1 Å². The summed E-state index contributed by atoms with van der Waals surface area (Å²) < 4.78 is 5.61. The summed E-state index contributed by atoms with van der Waals surface area (Å²) in [5, 5.41) is 0. The second-order valence-corrected chi connectivity index (χ2v) is 3.92. The summed E-state index contributed by atoms with van der Waals surface area (Å²) in [7, 11) is 0. The molecule has 0 spiro atoms. The fourth-order valence-corrected chi connectivity index (χ4v) is 1.36. The Morgan fingerprint density at radius 2 is 1.79 bits per heavy atom. The molecule has 0 radical (unpaired) electrons. The number of nitrogens with two attached hydrogens (primary N) is 2. The molecule has 3 heteroatoms. The van der Waals surface area contributed by atoms with E-state index in [1.165, 1.54) is 0 Å². The van der Waals surface area contributed by atoms with Crippen LogP contribution in [0.2, 0.25) is 0 Å². The molecule has 0 aromatic carbocycles. The van der Waals surface area contributed by atoms with Crippen molar-refractivity contribution < 1.29 is 4.42 Å². The van der Waals surface area contributed by atoms with Gasteiger partial charge in [0.2, 0.25) is 0 Å². The van der Waals surface area contributed by atoms with Gasteiger partial charge < -0.3 is 15.9 Å². The van der Waals surface area contributed by atoms with E-state index in [9.17, 15) is 0 Å². The summed E-state index contributed by atoms with van der Waals surface area (Å²) in [6.45, 7) is 4.05. The Morgan fingerprint density at radius 3 is 2.29 bits per heavy atom. The van der Waals surface area contributed by atoms with Crippen LogP contribution < -0.4 is 11.5 Å². The molecule has 3 nitrogen and oxygen atoms in total. The van der Waals surface area contributed by atoms with Crippen LogP contribution in [0.3, 0.4) is 0 Å². The van der Waals surface area contributed by atoms with E-state index in [2.05, 4.69) is 6.92 Å². The minimum absolute atomic E-state index is 0.147. The molecular formula is C11H20N2O. The summed E-state index contributed by atoms with van der Waals surface area (Å²) >= 11 is 0. The zero-order valence-corrected chi connectivity index (χ0v) is 8.99. The van der Waals surface area contributed by atoms with Crippen LogP contribution in [-0.4, -0.2) is 12.1 Å². The Balaban J connectivity index is 2.50. The van der Waals surface area contributed by atoms with Gasteiger partial charge in [0.25, 0.3) is 0 Å². The maximum atomic E-state index is 5.83. The van der Waals surface area contributed by atoms with Crippen molar-refractivity contribution in [1.82, 2.24) is 0 Å². The van der Waals surface area contributed by atoms with Crippen LogP contribution in [0.25, 0.3) is 0 Å². The van der Waals surface area contributed by atoms with E-state index in [0.29, 0.717) is 0 Å². The van der Waals surface area contributed by atoms with E-state index < -0.39 is 0 Å². The molecule has 0 aliphatic carbocycles. The molecule has 0 fully saturated rings. The number of hydrogen-bond donors (Lipinski definition) is 2. The van der Waals surface area contributed by atoms with Gasteiger partial charge in [-0.25, -0.2) is 0 Å². The molecule has 2 atom stereocenters. The standard InChI is InChI=1S/C11H20N2O/c1-3-9(13)7-11-5-4-10(14-11)6-8(2)12/h4-5,8-9H,3,6-7,12-13H2,1-2H3. The summed E-state index contributed by atoms with van der Waals surface area (Å²) in [5.41, 5.74) is 11.5. The summed E-state index contributed by atoms with van der Waals surface area (Å²) in [6, 6.07) is 4.33. The molecule has 1 aromatic heterocycles.